The van der Waals surface area contributed by atoms with Crippen molar-refractivity contribution >= 4 is 5.91 Å². The fraction of sp³-hybridized carbons (Fsp3) is 0.909. The van der Waals surface area contributed by atoms with Crippen molar-refractivity contribution in [2.24, 2.45) is 5.41 Å². The highest BCUT2D eigenvalue weighted by atomic mass is 16.5. The van der Waals surface area contributed by atoms with Gasteiger partial charge in [0.1, 0.15) is 6.61 Å². The normalized spacial score (nSPS) is 11.4. The van der Waals surface area contributed by atoms with Gasteiger partial charge in [0, 0.05) is 13.7 Å². The molecule has 0 aromatic heterocycles. The Balaban J connectivity index is 3.42. The molecule has 0 unspecified atom stereocenters. The zero-order chi connectivity index (χ0) is 11.0. The molecule has 0 radical (unpaired) electrons. The first-order chi connectivity index (χ1) is 6.52. The first kappa shape index (κ1) is 13.4. The fourth-order valence-corrected chi connectivity index (χ4v) is 1.15. The van der Waals surface area contributed by atoms with Crippen molar-refractivity contribution < 1.29 is 9.53 Å². The van der Waals surface area contributed by atoms with E-state index in [4.69, 9.17) is 4.74 Å². The lowest BCUT2D eigenvalue weighted by Crippen LogP contribution is -2.28. The molecular formula is C11H23NO2. The summed E-state index contributed by atoms with van der Waals surface area (Å²) in [5, 5.41) is 2.82. The van der Waals surface area contributed by atoms with Gasteiger partial charge in [-0.25, -0.2) is 0 Å². The summed E-state index contributed by atoms with van der Waals surface area (Å²) >= 11 is 0. The van der Waals surface area contributed by atoms with Crippen LogP contribution < -0.4 is 5.32 Å². The van der Waals surface area contributed by atoms with Gasteiger partial charge in [0.15, 0.2) is 0 Å². The SMILES string of the molecule is CCC(C)(C)CCCNC(=O)COC. The quantitative estimate of drug-likeness (QED) is 0.639. The van der Waals surface area contributed by atoms with E-state index in [0.29, 0.717) is 5.41 Å². The Morgan fingerprint density at radius 3 is 2.57 bits per heavy atom. The highest BCUT2D eigenvalue weighted by molar-refractivity contribution is 5.77. The molecule has 0 aromatic rings. The number of hydrogen-bond donors (Lipinski definition) is 1. The number of carbonyl (C=O) groups is 1. The minimum atomic E-state index is -0.0261. The number of nitrogens with one attached hydrogen (secondary N) is 1. The van der Waals surface area contributed by atoms with E-state index < -0.39 is 0 Å². The van der Waals surface area contributed by atoms with E-state index in [-0.39, 0.29) is 12.5 Å². The zero-order valence-electron chi connectivity index (χ0n) is 9.85. The van der Waals surface area contributed by atoms with Gasteiger partial charge in [-0.1, -0.05) is 27.2 Å². The molecule has 1 amide bonds. The molecule has 84 valence electrons. The monoisotopic (exact) mass is 201 g/mol. The molecule has 0 aliphatic rings. The van der Waals surface area contributed by atoms with Gasteiger partial charge >= 0.3 is 0 Å². The van der Waals surface area contributed by atoms with Gasteiger partial charge < -0.3 is 10.1 Å². The molecule has 0 aliphatic heterocycles. The summed E-state index contributed by atoms with van der Waals surface area (Å²) in [4.78, 5) is 11.0. The second kappa shape index (κ2) is 6.82. The van der Waals surface area contributed by atoms with Crippen molar-refractivity contribution in [3.05, 3.63) is 0 Å². The summed E-state index contributed by atoms with van der Waals surface area (Å²) in [6, 6.07) is 0. The molecule has 0 aliphatic carbocycles. The topological polar surface area (TPSA) is 38.3 Å². The molecule has 1 N–H and O–H groups in total. The Hall–Kier alpha value is -0.570. The highest BCUT2D eigenvalue weighted by Crippen LogP contribution is 2.25. The Bertz CT molecular complexity index is 167. The van der Waals surface area contributed by atoms with Gasteiger partial charge in [-0.3, -0.25) is 4.79 Å². The summed E-state index contributed by atoms with van der Waals surface area (Å²) in [5.41, 5.74) is 0.395. The standard InChI is InChI=1S/C11H23NO2/c1-5-11(2,3)7-6-8-12-10(13)9-14-4/h5-9H2,1-4H3,(H,12,13). The summed E-state index contributed by atoms with van der Waals surface area (Å²) < 4.78 is 4.71. The molecule has 3 nitrogen and oxygen atoms in total. The Morgan fingerprint density at radius 1 is 1.43 bits per heavy atom. The fourth-order valence-electron chi connectivity index (χ4n) is 1.15. The van der Waals surface area contributed by atoms with Gasteiger partial charge in [0.05, 0.1) is 0 Å². The first-order valence-electron chi connectivity index (χ1n) is 5.27. The predicted molar refractivity (Wildman–Crippen MR) is 58.2 cm³/mol. The van der Waals surface area contributed by atoms with E-state index >= 15 is 0 Å². The van der Waals surface area contributed by atoms with Crippen LogP contribution in [0.1, 0.15) is 40.0 Å². The Kier molecular flexibility index (Phi) is 6.54. The van der Waals surface area contributed by atoms with Crippen LogP contribution >= 0.6 is 0 Å². The van der Waals surface area contributed by atoms with Crippen LogP contribution in [-0.2, 0) is 9.53 Å². The van der Waals surface area contributed by atoms with Gasteiger partial charge in [0.25, 0.3) is 0 Å². The van der Waals surface area contributed by atoms with Crippen LogP contribution in [0.15, 0.2) is 0 Å². The Morgan fingerprint density at radius 2 is 2.07 bits per heavy atom. The summed E-state index contributed by atoms with van der Waals surface area (Å²) in [6.45, 7) is 7.63. The summed E-state index contributed by atoms with van der Waals surface area (Å²) in [7, 11) is 1.53. The van der Waals surface area contributed by atoms with Crippen molar-refractivity contribution in [1.29, 1.82) is 0 Å². The van der Waals surface area contributed by atoms with E-state index in [9.17, 15) is 4.79 Å². The second-order valence-corrected chi connectivity index (χ2v) is 4.40. The number of hydrogen-bond acceptors (Lipinski definition) is 2. The van der Waals surface area contributed by atoms with E-state index in [1.54, 1.807) is 0 Å². The third kappa shape index (κ3) is 6.89. The highest BCUT2D eigenvalue weighted by Gasteiger charge is 2.13. The second-order valence-electron chi connectivity index (χ2n) is 4.40. The van der Waals surface area contributed by atoms with Crippen LogP contribution in [0, 0.1) is 5.41 Å². The molecule has 3 heteroatoms. The lowest BCUT2D eigenvalue weighted by molar-refractivity contribution is -0.124. The molecule has 0 rings (SSSR count). The van der Waals surface area contributed by atoms with Crippen LogP contribution in [0.3, 0.4) is 0 Å². The summed E-state index contributed by atoms with van der Waals surface area (Å²) in [6.07, 6.45) is 3.37. The van der Waals surface area contributed by atoms with Crippen LogP contribution in [0.5, 0.6) is 0 Å². The minimum Gasteiger partial charge on any atom is -0.375 e. The smallest absolute Gasteiger partial charge is 0.245 e. The molecule has 0 fully saturated rings. The molecule has 0 saturated heterocycles. The lowest BCUT2D eigenvalue weighted by atomic mass is 9.85. The number of carbonyl (C=O) groups excluding carboxylic acids is 1. The van der Waals surface area contributed by atoms with Gasteiger partial charge in [-0.2, -0.15) is 0 Å². The molecule has 14 heavy (non-hydrogen) atoms. The molecule has 0 aromatic carbocycles. The van der Waals surface area contributed by atoms with Gasteiger partial charge in [0.2, 0.25) is 5.91 Å². The van der Waals surface area contributed by atoms with Crippen LogP contribution in [0.25, 0.3) is 0 Å². The predicted octanol–water partition coefficient (Wildman–Crippen LogP) is 1.97. The lowest BCUT2D eigenvalue weighted by Gasteiger charge is -2.22. The largest absolute Gasteiger partial charge is 0.375 e. The van der Waals surface area contributed by atoms with E-state index in [1.807, 2.05) is 0 Å². The first-order valence-corrected chi connectivity index (χ1v) is 5.27. The number of amides is 1. The van der Waals surface area contributed by atoms with E-state index in [0.717, 1.165) is 19.4 Å². The maximum absolute atomic E-state index is 11.0. The average Bonchev–Trinajstić information content (AvgIpc) is 2.13. The molecule has 0 bridgehead atoms. The molecule has 0 heterocycles. The number of rotatable bonds is 7. The van der Waals surface area contributed by atoms with Crippen molar-refractivity contribution in [3.63, 3.8) is 0 Å². The third-order valence-electron chi connectivity index (χ3n) is 2.59. The zero-order valence-corrected chi connectivity index (χ0v) is 9.85. The van der Waals surface area contributed by atoms with Crippen LogP contribution in [-0.4, -0.2) is 26.2 Å². The molecule has 0 spiro atoms. The van der Waals surface area contributed by atoms with Gasteiger partial charge in [-0.05, 0) is 18.3 Å². The maximum atomic E-state index is 11.0. The minimum absolute atomic E-state index is 0.0261. The third-order valence-corrected chi connectivity index (χ3v) is 2.59. The molecule has 0 saturated carbocycles. The summed E-state index contributed by atoms with van der Waals surface area (Å²) in [5.74, 6) is -0.0261. The van der Waals surface area contributed by atoms with Crippen molar-refractivity contribution in [2.45, 2.75) is 40.0 Å². The van der Waals surface area contributed by atoms with Crippen LogP contribution in [0.2, 0.25) is 0 Å². The number of ether oxygens (including phenoxy) is 1. The van der Waals surface area contributed by atoms with E-state index in [2.05, 4.69) is 26.1 Å². The van der Waals surface area contributed by atoms with Gasteiger partial charge in [-0.15, -0.1) is 0 Å². The Labute approximate surface area is 87.2 Å². The van der Waals surface area contributed by atoms with Crippen molar-refractivity contribution in [1.82, 2.24) is 5.32 Å². The average molecular weight is 201 g/mol. The van der Waals surface area contributed by atoms with E-state index in [1.165, 1.54) is 13.5 Å². The van der Waals surface area contributed by atoms with Crippen molar-refractivity contribution in [2.75, 3.05) is 20.3 Å². The maximum Gasteiger partial charge on any atom is 0.245 e. The molecule has 0 atom stereocenters. The molecular weight excluding hydrogens is 178 g/mol. The van der Waals surface area contributed by atoms with Crippen LogP contribution in [0.4, 0.5) is 0 Å². The van der Waals surface area contributed by atoms with Crippen molar-refractivity contribution in [3.8, 4) is 0 Å². The number of methoxy groups -OCH3 is 1.